The van der Waals surface area contributed by atoms with Crippen LogP contribution in [0.25, 0.3) is 0 Å². The van der Waals surface area contributed by atoms with Gasteiger partial charge in [0.15, 0.2) is 0 Å². The first-order valence-electron chi connectivity index (χ1n) is 5.96. The van der Waals surface area contributed by atoms with Crippen LogP contribution in [0.15, 0.2) is 65.3 Å². The van der Waals surface area contributed by atoms with Crippen molar-refractivity contribution in [3.63, 3.8) is 0 Å². The second-order valence-corrected chi connectivity index (χ2v) is 4.14. The zero-order valence-corrected chi connectivity index (χ0v) is 10.1. The summed E-state index contributed by atoms with van der Waals surface area (Å²) in [7, 11) is 0. The molecule has 0 spiro atoms. The van der Waals surface area contributed by atoms with Gasteiger partial charge >= 0.3 is 0 Å². The third kappa shape index (κ3) is 3.32. The van der Waals surface area contributed by atoms with Crippen molar-refractivity contribution >= 4 is 0 Å². The molecule has 3 heteroatoms. The van der Waals surface area contributed by atoms with Crippen LogP contribution in [0.3, 0.4) is 0 Å². The van der Waals surface area contributed by atoms with Gasteiger partial charge in [0.05, 0.1) is 6.26 Å². The molecule has 18 heavy (non-hydrogen) atoms. The van der Waals surface area contributed by atoms with Gasteiger partial charge < -0.3 is 15.3 Å². The van der Waals surface area contributed by atoms with Gasteiger partial charge in [-0.2, -0.15) is 0 Å². The molecule has 3 N–H and O–H groups in total. The molecule has 1 aromatic heterocycles. The smallest absolute Gasteiger partial charge is 0.136 e. The Labute approximate surface area is 107 Å². The van der Waals surface area contributed by atoms with Crippen LogP contribution < -0.4 is 5.73 Å². The van der Waals surface area contributed by atoms with Crippen molar-refractivity contribution in [3.05, 3.63) is 72.2 Å². The summed E-state index contributed by atoms with van der Waals surface area (Å²) in [5, 5.41) is 9.77. The Morgan fingerprint density at radius 1 is 1.17 bits per heavy atom. The molecule has 0 unspecified atom stereocenters. The van der Waals surface area contributed by atoms with Crippen LogP contribution in [0.5, 0.6) is 0 Å². The summed E-state index contributed by atoms with van der Waals surface area (Å²) in [6.07, 6.45) is 5.10. The summed E-state index contributed by atoms with van der Waals surface area (Å²) in [5.41, 5.74) is 7.14. The fraction of sp³-hybridized carbons (Fsp3) is 0.200. The Hall–Kier alpha value is -1.84. The summed E-state index contributed by atoms with van der Waals surface area (Å²) in [6.45, 7) is 0. The van der Waals surface area contributed by atoms with Gasteiger partial charge in [0.1, 0.15) is 11.9 Å². The lowest BCUT2D eigenvalue weighted by Crippen LogP contribution is -2.08. The van der Waals surface area contributed by atoms with Crippen LogP contribution in [0.1, 0.15) is 29.9 Å². The lowest BCUT2D eigenvalue weighted by Gasteiger charge is -2.09. The molecule has 94 valence electrons. The number of hydrogen-bond acceptors (Lipinski definition) is 3. The van der Waals surface area contributed by atoms with E-state index in [9.17, 15) is 5.11 Å². The highest BCUT2D eigenvalue weighted by molar-refractivity contribution is 5.19. The second-order valence-electron chi connectivity index (χ2n) is 4.14. The van der Waals surface area contributed by atoms with E-state index in [1.54, 1.807) is 24.5 Å². The first kappa shape index (κ1) is 12.6. The van der Waals surface area contributed by atoms with Crippen LogP contribution in [-0.2, 0) is 0 Å². The minimum absolute atomic E-state index is 0.0498. The SMILES string of the molecule is N[C@@H](C/C=C\[C@@H](O)c1ccco1)c1ccccc1. The van der Waals surface area contributed by atoms with Gasteiger partial charge in [0.25, 0.3) is 0 Å². The van der Waals surface area contributed by atoms with Crippen molar-refractivity contribution in [1.82, 2.24) is 0 Å². The molecular weight excluding hydrogens is 226 g/mol. The largest absolute Gasteiger partial charge is 0.466 e. The van der Waals surface area contributed by atoms with E-state index in [2.05, 4.69) is 0 Å². The summed E-state index contributed by atoms with van der Waals surface area (Å²) < 4.78 is 5.10. The van der Waals surface area contributed by atoms with E-state index in [0.717, 1.165) is 5.56 Å². The lowest BCUT2D eigenvalue weighted by molar-refractivity contribution is 0.196. The van der Waals surface area contributed by atoms with E-state index in [1.165, 1.54) is 0 Å². The molecular formula is C15H17NO2. The zero-order chi connectivity index (χ0) is 12.8. The third-order valence-electron chi connectivity index (χ3n) is 2.77. The fourth-order valence-corrected chi connectivity index (χ4v) is 1.74. The molecule has 0 radical (unpaired) electrons. The van der Waals surface area contributed by atoms with Crippen molar-refractivity contribution in [3.8, 4) is 0 Å². The minimum Gasteiger partial charge on any atom is -0.466 e. The van der Waals surface area contributed by atoms with E-state index in [1.807, 2.05) is 36.4 Å². The molecule has 2 atom stereocenters. The Bertz CT molecular complexity index is 476. The topological polar surface area (TPSA) is 59.4 Å². The Kier molecular flexibility index (Phi) is 4.34. The summed E-state index contributed by atoms with van der Waals surface area (Å²) in [6, 6.07) is 13.4. The summed E-state index contributed by atoms with van der Waals surface area (Å²) in [5.74, 6) is 0.541. The number of nitrogens with two attached hydrogens (primary N) is 1. The predicted molar refractivity (Wildman–Crippen MR) is 70.8 cm³/mol. The normalized spacial score (nSPS) is 14.8. The zero-order valence-electron chi connectivity index (χ0n) is 10.1. The highest BCUT2D eigenvalue weighted by Gasteiger charge is 2.06. The van der Waals surface area contributed by atoms with Crippen LogP contribution in [0, 0.1) is 0 Å². The van der Waals surface area contributed by atoms with Crippen molar-refractivity contribution in [2.24, 2.45) is 5.73 Å². The minimum atomic E-state index is -0.706. The molecule has 0 aliphatic heterocycles. The van der Waals surface area contributed by atoms with E-state index in [-0.39, 0.29) is 6.04 Å². The first-order valence-corrected chi connectivity index (χ1v) is 5.96. The van der Waals surface area contributed by atoms with Gasteiger partial charge in [0, 0.05) is 6.04 Å². The first-order chi connectivity index (χ1) is 8.77. The molecule has 1 heterocycles. The third-order valence-corrected chi connectivity index (χ3v) is 2.77. The van der Waals surface area contributed by atoms with Crippen molar-refractivity contribution in [2.45, 2.75) is 18.6 Å². The number of aliphatic hydroxyl groups is 1. The average molecular weight is 243 g/mol. The molecule has 1 aromatic carbocycles. The van der Waals surface area contributed by atoms with Crippen LogP contribution in [0.4, 0.5) is 0 Å². The fourth-order valence-electron chi connectivity index (χ4n) is 1.74. The van der Waals surface area contributed by atoms with E-state index in [4.69, 9.17) is 10.2 Å². The molecule has 0 saturated heterocycles. The maximum Gasteiger partial charge on any atom is 0.136 e. The van der Waals surface area contributed by atoms with Crippen molar-refractivity contribution in [2.75, 3.05) is 0 Å². The Balaban J connectivity index is 1.88. The molecule has 2 rings (SSSR count). The van der Waals surface area contributed by atoms with Gasteiger partial charge in [-0.05, 0) is 24.1 Å². The number of aliphatic hydroxyl groups excluding tert-OH is 1. The van der Waals surface area contributed by atoms with Gasteiger partial charge in [-0.25, -0.2) is 0 Å². The predicted octanol–water partition coefficient (Wildman–Crippen LogP) is 2.96. The molecule has 2 aromatic rings. The molecule has 0 saturated carbocycles. The molecule has 0 amide bonds. The second kappa shape index (κ2) is 6.19. The Morgan fingerprint density at radius 2 is 1.94 bits per heavy atom. The maximum atomic E-state index is 9.77. The number of hydrogen-bond donors (Lipinski definition) is 2. The van der Waals surface area contributed by atoms with Crippen molar-refractivity contribution in [1.29, 1.82) is 0 Å². The van der Waals surface area contributed by atoms with E-state index in [0.29, 0.717) is 12.2 Å². The highest BCUT2D eigenvalue weighted by atomic mass is 16.4. The monoisotopic (exact) mass is 243 g/mol. The molecule has 0 aliphatic carbocycles. The van der Waals surface area contributed by atoms with Crippen LogP contribution >= 0.6 is 0 Å². The number of benzene rings is 1. The number of rotatable bonds is 5. The maximum absolute atomic E-state index is 9.77. The lowest BCUT2D eigenvalue weighted by atomic mass is 10.0. The molecule has 3 nitrogen and oxygen atoms in total. The van der Waals surface area contributed by atoms with Gasteiger partial charge in [-0.1, -0.05) is 42.5 Å². The molecule has 0 aliphatic rings. The van der Waals surface area contributed by atoms with E-state index < -0.39 is 6.10 Å². The Morgan fingerprint density at radius 3 is 2.61 bits per heavy atom. The summed E-state index contributed by atoms with van der Waals surface area (Å²) >= 11 is 0. The van der Waals surface area contributed by atoms with Gasteiger partial charge in [0.2, 0.25) is 0 Å². The molecule has 0 fully saturated rings. The van der Waals surface area contributed by atoms with Crippen LogP contribution in [0.2, 0.25) is 0 Å². The average Bonchev–Trinajstić information content (AvgIpc) is 2.93. The quantitative estimate of drug-likeness (QED) is 0.794. The van der Waals surface area contributed by atoms with Gasteiger partial charge in [-0.3, -0.25) is 0 Å². The standard InChI is InChI=1S/C15H17NO2/c16-13(12-6-2-1-3-7-12)8-4-9-14(17)15-10-5-11-18-15/h1-7,9-11,13-14,17H,8,16H2/b9-4-/t13-,14+/m0/s1. The van der Waals surface area contributed by atoms with E-state index >= 15 is 0 Å². The van der Waals surface area contributed by atoms with Crippen molar-refractivity contribution < 1.29 is 9.52 Å². The van der Waals surface area contributed by atoms with Crippen LogP contribution in [-0.4, -0.2) is 5.11 Å². The number of furan rings is 1. The summed E-state index contributed by atoms with van der Waals surface area (Å²) in [4.78, 5) is 0. The highest BCUT2D eigenvalue weighted by Crippen LogP contribution is 2.17. The van der Waals surface area contributed by atoms with Gasteiger partial charge in [-0.15, -0.1) is 0 Å². The molecule has 0 bridgehead atoms.